The van der Waals surface area contributed by atoms with Gasteiger partial charge in [-0.15, -0.1) is 0 Å². The van der Waals surface area contributed by atoms with E-state index in [0.29, 0.717) is 6.04 Å². The maximum absolute atomic E-state index is 5.94. The van der Waals surface area contributed by atoms with Gasteiger partial charge in [-0.1, -0.05) is 13.8 Å². The van der Waals surface area contributed by atoms with Gasteiger partial charge in [0, 0.05) is 12.0 Å². The Bertz CT molecular complexity index is 330. The Labute approximate surface area is 124 Å². The highest BCUT2D eigenvalue weighted by molar-refractivity contribution is 5.18. The highest BCUT2D eigenvalue weighted by atomic mass is 16.5. The molecule has 2 rings (SSSR count). The summed E-state index contributed by atoms with van der Waals surface area (Å²) < 4.78 is 5.94. The summed E-state index contributed by atoms with van der Waals surface area (Å²) in [5, 5.41) is 3.78. The van der Waals surface area contributed by atoms with Gasteiger partial charge in [0.2, 0.25) is 0 Å². The monoisotopic (exact) mass is 280 g/mol. The van der Waals surface area contributed by atoms with Crippen LogP contribution in [0, 0.1) is 5.92 Å². The zero-order valence-electron chi connectivity index (χ0n) is 13.7. The second-order valence-corrected chi connectivity index (χ2v) is 6.81. The van der Waals surface area contributed by atoms with E-state index in [1.54, 1.807) is 0 Å². The normalized spacial score (nSPS) is 32.0. The molecule has 1 N–H and O–H groups in total. The zero-order valence-corrected chi connectivity index (χ0v) is 13.7. The minimum atomic E-state index is 0.220. The van der Waals surface area contributed by atoms with E-state index in [2.05, 4.69) is 44.2 Å². The molecular weight excluding hydrogens is 248 g/mol. The van der Waals surface area contributed by atoms with Crippen LogP contribution in [0.1, 0.15) is 52.4 Å². The largest absolute Gasteiger partial charge is 0.496 e. The molecular formula is C17H32N2O. The summed E-state index contributed by atoms with van der Waals surface area (Å²) in [4.78, 5) is 2.45. The Balaban J connectivity index is 2.21. The van der Waals surface area contributed by atoms with Crippen molar-refractivity contribution in [1.82, 2.24) is 10.2 Å². The van der Waals surface area contributed by atoms with E-state index in [1.165, 1.54) is 37.9 Å². The Morgan fingerprint density at radius 1 is 1.40 bits per heavy atom. The van der Waals surface area contributed by atoms with Gasteiger partial charge in [-0.25, -0.2) is 0 Å². The third-order valence-corrected chi connectivity index (χ3v) is 5.18. The SMILES string of the molecule is CCCNC(C1=CCCO1)C1(N(C)C)CCC(C)CC1. The lowest BCUT2D eigenvalue weighted by Gasteiger charge is -2.50. The molecule has 0 radical (unpaired) electrons. The van der Waals surface area contributed by atoms with Crippen LogP contribution in [0.4, 0.5) is 0 Å². The molecule has 1 unspecified atom stereocenters. The molecule has 1 aliphatic carbocycles. The van der Waals surface area contributed by atoms with Gasteiger partial charge in [-0.2, -0.15) is 0 Å². The summed E-state index contributed by atoms with van der Waals surface area (Å²) in [5.74, 6) is 2.06. The van der Waals surface area contributed by atoms with E-state index in [1.807, 2.05) is 0 Å². The maximum Gasteiger partial charge on any atom is 0.111 e. The first-order valence-electron chi connectivity index (χ1n) is 8.34. The number of rotatable bonds is 6. The fourth-order valence-electron chi connectivity index (χ4n) is 3.74. The van der Waals surface area contributed by atoms with Crippen LogP contribution in [0.15, 0.2) is 11.8 Å². The predicted molar refractivity (Wildman–Crippen MR) is 84.8 cm³/mol. The van der Waals surface area contributed by atoms with E-state index in [9.17, 15) is 0 Å². The highest BCUT2D eigenvalue weighted by Crippen LogP contribution is 2.40. The Kier molecular flexibility index (Phi) is 5.50. The van der Waals surface area contributed by atoms with Crippen molar-refractivity contribution in [2.75, 3.05) is 27.2 Å². The van der Waals surface area contributed by atoms with Gasteiger partial charge in [-0.3, -0.25) is 0 Å². The smallest absolute Gasteiger partial charge is 0.111 e. The summed E-state index contributed by atoms with van der Waals surface area (Å²) in [5.41, 5.74) is 0.220. The van der Waals surface area contributed by atoms with E-state index in [0.717, 1.165) is 25.5 Å². The van der Waals surface area contributed by atoms with Crippen LogP contribution in [-0.4, -0.2) is 43.7 Å². The van der Waals surface area contributed by atoms with Crippen molar-refractivity contribution >= 4 is 0 Å². The van der Waals surface area contributed by atoms with E-state index in [4.69, 9.17) is 4.74 Å². The van der Waals surface area contributed by atoms with Crippen LogP contribution < -0.4 is 5.32 Å². The third kappa shape index (κ3) is 3.20. The molecule has 0 bridgehead atoms. The van der Waals surface area contributed by atoms with Crippen molar-refractivity contribution in [2.45, 2.75) is 64.0 Å². The molecule has 2 aliphatic rings. The van der Waals surface area contributed by atoms with Gasteiger partial charge < -0.3 is 15.0 Å². The number of nitrogens with zero attached hydrogens (tertiary/aromatic N) is 1. The molecule has 0 saturated heterocycles. The quantitative estimate of drug-likeness (QED) is 0.809. The molecule has 1 atom stereocenters. The third-order valence-electron chi connectivity index (χ3n) is 5.18. The minimum Gasteiger partial charge on any atom is -0.496 e. The summed E-state index contributed by atoms with van der Waals surface area (Å²) in [6.07, 6.45) is 9.73. The summed E-state index contributed by atoms with van der Waals surface area (Å²) in [6, 6.07) is 0.354. The molecule has 3 heteroatoms. The van der Waals surface area contributed by atoms with Gasteiger partial charge in [0.05, 0.1) is 12.6 Å². The number of nitrogens with one attached hydrogen (secondary N) is 1. The highest BCUT2D eigenvalue weighted by Gasteiger charge is 2.45. The van der Waals surface area contributed by atoms with Crippen molar-refractivity contribution < 1.29 is 4.74 Å². The van der Waals surface area contributed by atoms with Crippen molar-refractivity contribution in [3.63, 3.8) is 0 Å². The van der Waals surface area contributed by atoms with Crippen LogP contribution in [0.3, 0.4) is 0 Å². The zero-order chi connectivity index (χ0) is 14.6. The molecule has 116 valence electrons. The number of hydrogen-bond acceptors (Lipinski definition) is 3. The van der Waals surface area contributed by atoms with Crippen LogP contribution in [0.25, 0.3) is 0 Å². The van der Waals surface area contributed by atoms with Gasteiger partial charge in [0.1, 0.15) is 5.76 Å². The summed E-state index contributed by atoms with van der Waals surface area (Å²) in [7, 11) is 4.48. The second-order valence-electron chi connectivity index (χ2n) is 6.81. The van der Waals surface area contributed by atoms with Crippen molar-refractivity contribution in [1.29, 1.82) is 0 Å². The van der Waals surface area contributed by atoms with Gasteiger partial charge in [-0.05, 0) is 64.7 Å². The molecule has 1 aliphatic heterocycles. The van der Waals surface area contributed by atoms with Gasteiger partial charge in [0.25, 0.3) is 0 Å². The number of hydrogen-bond donors (Lipinski definition) is 1. The van der Waals surface area contributed by atoms with E-state index in [-0.39, 0.29) is 5.54 Å². The molecule has 0 aromatic carbocycles. The standard InChI is InChI=1S/C17H32N2O/c1-5-12-18-16(15-7-6-13-20-15)17(19(3)4)10-8-14(2)9-11-17/h7,14,16,18H,5-6,8-13H2,1-4H3. The van der Waals surface area contributed by atoms with Crippen molar-refractivity contribution in [3.8, 4) is 0 Å². The lowest BCUT2D eigenvalue weighted by atomic mass is 9.71. The number of ether oxygens (including phenoxy) is 1. The Hall–Kier alpha value is -0.540. The van der Waals surface area contributed by atoms with E-state index < -0.39 is 0 Å². The molecule has 0 aromatic heterocycles. The van der Waals surface area contributed by atoms with Gasteiger partial charge in [0.15, 0.2) is 0 Å². The maximum atomic E-state index is 5.94. The number of likely N-dealkylation sites (N-methyl/N-ethyl adjacent to an activating group) is 1. The lowest BCUT2D eigenvalue weighted by molar-refractivity contribution is 0.0349. The van der Waals surface area contributed by atoms with Crippen LogP contribution in [0.2, 0.25) is 0 Å². The fourth-order valence-corrected chi connectivity index (χ4v) is 3.74. The van der Waals surface area contributed by atoms with Crippen molar-refractivity contribution in [3.05, 3.63) is 11.8 Å². The molecule has 1 heterocycles. The molecule has 1 fully saturated rings. The molecule has 3 nitrogen and oxygen atoms in total. The van der Waals surface area contributed by atoms with Gasteiger partial charge >= 0.3 is 0 Å². The fraction of sp³-hybridized carbons (Fsp3) is 0.882. The molecule has 0 aromatic rings. The molecule has 1 saturated carbocycles. The first kappa shape index (κ1) is 15.8. The second kappa shape index (κ2) is 6.95. The van der Waals surface area contributed by atoms with Crippen molar-refractivity contribution in [2.24, 2.45) is 5.92 Å². The minimum absolute atomic E-state index is 0.220. The Morgan fingerprint density at radius 2 is 2.10 bits per heavy atom. The Morgan fingerprint density at radius 3 is 2.60 bits per heavy atom. The summed E-state index contributed by atoms with van der Waals surface area (Å²) >= 11 is 0. The van der Waals surface area contributed by atoms with Crippen LogP contribution in [0.5, 0.6) is 0 Å². The first-order chi connectivity index (χ1) is 9.60. The van der Waals surface area contributed by atoms with Crippen LogP contribution >= 0.6 is 0 Å². The average Bonchev–Trinajstić information content (AvgIpc) is 2.95. The molecule has 20 heavy (non-hydrogen) atoms. The molecule has 0 amide bonds. The lowest BCUT2D eigenvalue weighted by Crippen LogP contribution is -2.61. The van der Waals surface area contributed by atoms with Crippen LogP contribution in [-0.2, 0) is 4.74 Å². The van der Waals surface area contributed by atoms with E-state index >= 15 is 0 Å². The topological polar surface area (TPSA) is 24.5 Å². The summed E-state index contributed by atoms with van der Waals surface area (Å²) in [6.45, 7) is 6.55. The predicted octanol–water partition coefficient (Wildman–Crippen LogP) is 3.17. The molecule has 0 spiro atoms. The first-order valence-corrected chi connectivity index (χ1v) is 8.34. The average molecular weight is 280 g/mol.